The highest BCUT2D eigenvalue weighted by Gasteiger charge is 2.10. The van der Waals surface area contributed by atoms with Crippen LogP contribution in [0.5, 0.6) is 0 Å². The molecular formula is C14H15N5. The lowest BCUT2D eigenvalue weighted by Gasteiger charge is -2.10. The SMILES string of the molecule is Cn1cc(CC(N)c2ccc3ncccc3c2)nn1. The molecule has 2 aromatic heterocycles. The van der Waals surface area contributed by atoms with E-state index in [4.69, 9.17) is 5.73 Å². The Morgan fingerprint density at radius 2 is 2.21 bits per heavy atom. The molecule has 0 bridgehead atoms. The second-order valence-corrected chi connectivity index (χ2v) is 4.65. The molecule has 1 atom stereocenters. The highest BCUT2D eigenvalue weighted by molar-refractivity contribution is 5.79. The maximum atomic E-state index is 6.23. The van der Waals surface area contributed by atoms with Gasteiger partial charge in [-0.1, -0.05) is 17.3 Å². The monoisotopic (exact) mass is 253 g/mol. The third-order valence-corrected chi connectivity index (χ3v) is 3.13. The number of pyridine rings is 1. The van der Waals surface area contributed by atoms with E-state index in [2.05, 4.69) is 21.4 Å². The van der Waals surface area contributed by atoms with Crippen molar-refractivity contribution >= 4 is 10.9 Å². The smallest absolute Gasteiger partial charge is 0.0845 e. The Kier molecular flexibility index (Phi) is 2.97. The summed E-state index contributed by atoms with van der Waals surface area (Å²) in [4.78, 5) is 4.30. The van der Waals surface area contributed by atoms with Crippen LogP contribution in [0.4, 0.5) is 0 Å². The van der Waals surface area contributed by atoms with Gasteiger partial charge in [0, 0.05) is 37.3 Å². The van der Waals surface area contributed by atoms with Gasteiger partial charge in [0.1, 0.15) is 0 Å². The van der Waals surface area contributed by atoms with Crippen molar-refractivity contribution in [2.45, 2.75) is 12.5 Å². The third kappa shape index (κ3) is 2.46. The summed E-state index contributed by atoms with van der Waals surface area (Å²) >= 11 is 0. The Bertz CT molecular complexity index is 704. The Hall–Kier alpha value is -2.27. The first-order chi connectivity index (χ1) is 9.22. The molecule has 1 aromatic carbocycles. The summed E-state index contributed by atoms with van der Waals surface area (Å²) in [6.45, 7) is 0. The fourth-order valence-electron chi connectivity index (χ4n) is 2.16. The zero-order chi connectivity index (χ0) is 13.2. The van der Waals surface area contributed by atoms with Gasteiger partial charge in [0.2, 0.25) is 0 Å². The molecular weight excluding hydrogens is 238 g/mol. The number of fused-ring (bicyclic) bond motifs is 1. The fraction of sp³-hybridized carbons (Fsp3) is 0.214. The van der Waals surface area contributed by atoms with E-state index in [0.29, 0.717) is 6.42 Å². The fourth-order valence-corrected chi connectivity index (χ4v) is 2.16. The zero-order valence-corrected chi connectivity index (χ0v) is 10.7. The molecule has 0 aliphatic heterocycles. The minimum atomic E-state index is -0.0821. The van der Waals surface area contributed by atoms with E-state index in [-0.39, 0.29) is 6.04 Å². The topological polar surface area (TPSA) is 69.6 Å². The molecule has 0 aliphatic rings. The van der Waals surface area contributed by atoms with E-state index in [1.54, 1.807) is 10.9 Å². The van der Waals surface area contributed by atoms with Gasteiger partial charge in [-0.05, 0) is 23.8 Å². The van der Waals surface area contributed by atoms with Crippen molar-refractivity contribution in [2.24, 2.45) is 12.8 Å². The first kappa shape index (κ1) is 11.8. The Morgan fingerprint density at radius 1 is 1.32 bits per heavy atom. The highest BCUT2D eigenvalue weighted by atomic mass is 15.4. The zero-order valence-electron chi connectivity index (χ0n) is 10.7. The molecule has 5 heteroatoms. The number of hydrogen-bond donors (Lipinski definition) is 1. The van der Waals surface area contributed by atoms with Crippen LogP contribution in [0, 0.1) is 0 Å². The van der Waals surface area contributed by atoms with Crippen LogP contribution in [0.15, 0.2) is 42.7 Å². The van der Waals surface area contributed by atoms with Crippen LogP contribution in [0.25, 0.3) is 10.9 Å². The van der Waals surface area contributed by atoms with Gasteiger partial charge in [0.15, 0.2) is 0 Å². The number of benzene rings is 1. The number of aryl methyl sites for hydroxylation is 1. The first-order valence-electron chi connectivity index (χ1n) is 6.18. The molecule has 0 spiro atoms. The minimum absolute atomic E-state index is 0.0821. The molecule has 2 heterocycles. The van der Waals surface area contributed by atoms with Crippen molar-refractivity contribution < 1.29 is 0 Å². The molecule has 0 saturated heterocycles. The Balaban J connectivity index is 1.86. The summed E-state index contributed by atoms with van der Waals surface area (Å²) < 4.78 is 1.69. The van der Waals surface area contributed by atoms with Crippen LogP contribution in [0.3, 0.4) is 0 Å². The minimum Gasteiger partial charge on any atom is -0.324 e. The molecule has 0 amide bonds. The lowest BCUT2D eigenvalue weighted by atomic mass is 10.0. The van der Waals surface area contributed by atoms with E-state index < -0.39 is 0 Å². The molecule has 3 rings (SSSR count). The molecule has 5 nitrogen and oxygen atoms in total. The number of rotatable bonds is 3. The van der Waals surface area contributed by atoms with Crippen molar-refractivity contribution in [1.82, 2.24) is 20.0 Å². The lowest BCUT2D eigenvalue weighted by molar-refractivity contribution is 0.694. The molecule has 0 fully saturated rings. The highest BCUT2D eigenvalue weighted by Crippen LogP contribution is 2.19. The van der Waals surface area contributed by atoms with Gasteiger partial charge in [0.25, 0.3) is 0 Å². The molecule has 0 saturated carbocycles. The van der Waals surface area contributed by atoms with Crippen molar-refractivity contribution in [1.29, 1.82) is 0 Å². The average molecular weight is 253 g/mol. The van der Waals surface area contributed by atoms with E-state index >= 15 is 0 Å². The van der Waals surface area contributed by atoms with E-state index in [9.17, 15) is 0 Å². The van der Waals surface area contributed by atoms with Gasteiger partial charge >= 0.3 is 0 Å². The number of aromatic nitrogens is 4. The normalized spacial score (nSPS) is 12.7. The largest absolute Gasteiger partial charge is 0.324 e. The molecule has 96 valence electrons. The van der Waals surface area contributed by atoms with Crippen LogP contribution in [-0.4, -0.2) is 20.0 Å². The summed E-state index contributed by atoms with van der Waals surface area (Å²) in [6, 6.07) is 10.0. The second kappa shape index (κ2) is 4.78. The standard InChI is InChI=1S/C14H15N5/c1-19-9-12(17-18-19)8-13(15)10-4-5-14-11(7-10)3-2-6-16-14/h2-7,9,13H,8,15H2,1H3. The Morgan fingerprint density at radius 3 is 3.00 bits per heavy atom. The lowest BCUT2D eigenvalue weighted by Crippen LogP contribution is -2.13. The van der Waals surface area contributed by atoms with Gasteiger partial charge in [0.05, 0.1) is 11.2 Å². The van der Waals surface area contributed by atoms with Gasteiger partial charge in [-0.25, -0.2) is 0 Å². The van der Waals surface area contributed by atoms with E-state index in [1.807, 2.05) is 37.5 Å². The summed E-state index contributed by atoms with van der Waals surface area (Å²) in [7, 11) is 1.85. The average Bonchev–Trinajstić information content (AvgIpc) is 2.83. The molecule has 0 radical (unpaired) electrons. The van der Waals surface area contributed by atoms with Crippen molar-refractivity contribution in [2.75, 3.05) is 0 Å². The van der Waals surface area contributed by atoms with Crippen LogP contribution in [0.2, 0.25) is 0 Å². The van der Waals surface area contributed by atoms with Crippen molar-refractivity contribution in [3.05, 3.63) is 54.0 Å². The van der Waals surface area contributed by atoms with E-state index in [0.717, 1.165) is 22.2 Å². The summed E-state index contributed by atoms with van der Waals surface area (Å²) in [5, 5.41) is 9.08. The van der Waals surface area contributed by atoms with Gasteiger partial charge in [-0.2, -0.15) is 0 Å². The second-order valence-electron chi connectivity index (χ2n) is 4.65. The maximum absolute atomic E-state index is 6.23. The third-order valence-electron chi connectivity index (χ3n) is 3.13. The molecule has 0 aliphatic carbocycles. The van der Waals surface area contributed by atoms with Crippen LogP contribution in [-0.2, 0) is 13.5 Å². The van der Waals surface area contributed by atoms with Crippen LogP contribution >= 0.6 is 0 Å². The van der Waals surface area contributed by atoms with Crippen LogP contribution < -0.4 is 5.73 Å². The predicted molar refractivity (Wildman–Crippen MR) is 73.4 cm³/mol. The van der Waals surface area contributed by atoms with Crippen molar-refractivity contribution in [3.63, 3.8) is 0 Å². The number of nitrogens with zero attached hydrogens (tertiary/aromatic N) is 4. The summed E-state index contributed by atoms with van der Waals surface area (Å²) in [5.41, 5.74) is 9.21. The van der Waals surface area contributed by atoms with Crippen LogP contribution in [0.1, 0.15) is 17.3 Å². The molecule has 19 heavy (non-hydrogen) atoms. The number of nitrogens with two attached hydrogens (primary N) is 1. The van der Waals surface area contributed by atoms with Crippen molar-refractivity contribution in [3.8, 4) is 0 Å². The van der Waals surface area contributed by atoms with E-state index in [1.165, 1.54) is 0 Å². The number of hydrogen-bond acceptors (Lipinski definition) is 4. The first-order valence-corrected chi connectivity index (χ1v) is 6.18. The van der Waals surface area contributed by atoms with Gasteiger partial charge < -0.3 is 5.73 Å². The predicted octanol–water partition coefficient (Wildman–Crippen LogP) is 1.61. The summed E-state index contributed by atoms with van der Waals surface area (Å²) in [5.74, 6) is 0. The molecule has 3 aromatic rings. The molecule has 2 N–H and O–H groups in total. The molecule has 1 unspecified atom stereocenters. The summed E-state index contributed by atoms with van der Waals surface area (Å²) in [6.07, 6.45) is 4.36. The van der Waals surface area contributed by atoms with Gasteiger partial charge in [-0.3, -0.25) is 9.67 Å². The maximum Gasteiger partial charge on any atom is 0.0845 e. The quantitative estimate of drug-likeness (QED) is 0.769. The van der Waals surface area contributed by atoms with Gasteiger partial charge in [-0.15, -0.1) is 5.10 Å². The Labute approximate surface area is 111 Å².